The standard InChI is InChI=1S/C20H15F3N4O2S/c1-13-24-25-20-19(6-3-7-26(13)20)30(28,29)27(12-14-4-2-5-15(21)8-14)18-10-16(22)9-17(23)11-18/h2-11H,12H2,1H3. The second-order valence-electron chi connectivity index (χ2n) is 6.58. The van der Waals surface area contributed by atoms with Crippen molar-refractivity contribution in [1.82, 2.24) is 14.6 Å². The van der Waals surface area contributed by atoms with E-state index in [1.807, 2.05) is 0 Å². The number of hydrogen-bond donors (Lipinski definition) is 0. The summed E-state index contributed by atoms with van der Waals surface area (Å²) in [6, 6.07) is 10.6. The molecule has 0 amide bonds. The number of pyridine rings is 1. The van der Waals surface area contributed by atoms with Crippen molar-refractivity contribution in [2.75, 3.05) is 4.31 Å². The summed E-state index contributed by atoms with van der Waals surface area (Å²) in [6.07, 6.45) is 1.60. The molecule has 0 aliphatic heterocycles. The van der Waals surface area contributed by atoms with E-state index in [1.165, 1.54) is 34.7 Å². The highest BCUT2D eigenvalue weighted by molar-refractivity contribution is 7.93. The molecule has 0 fully saturated rings. The average Bonchev–Trinajstić information content (AvgIpc) is 3.06. The number of nitrogens with zero attached hydrogens (tertiary/aromatic N) is 4. The quantitative estimate of drug-likeness (QED) is 0.481. The van der Waals surface area contributed by atoms with Crippen LogP contribution in [0.25, 0.3) is 5.65 Å². The third-order valence-corrected chi connectivity index (χ3v) is 6.28. The van der Waals surface area contributed by atoms with Crippen molar-refractivity contribution in [2.24, 2.45) is 0 Å². The monoisotopic (exact) mass is 432 g/mol. The van der Waals surface area contributed by atoms with Gasteiger partial charge in [-0.05, 0) is 48.9 Å². The van der Waals surface area contributed by atoms with Gasteiger partial charge in [-0.2, -0.15) is 0 Å². The van der Waals surface area contributed by atoms with Gasteiger partial charge in [0.15, 0.2) is 5.65 Å². The van der Waals surface area contributed by atoms with Crippen LogP contribution in [0.1, 0.15) is 11.4 Å². The fraction of sp³-hybridized carbons (Fsp3) is 0.100. The third-order valence-electron chi connectivity index (χ3n) is 4.49. The fourth-order valence-electron chi connectivity index (χ4n) is 3.13. The van der Waals surface area contributed by atoms with Gasteiger partial charge in [0.1, 0.15) is 28.2 Å². The van der Waals surface area contributed by atoms with E-state index in [2.05, 4.69) is 10.2 Å². The van der Waals surface area contributed by atoms with Gasteiger partial charge in [-0.1, -0.05) is 12.1 Å². The SMILES string of the molecule is Cc1nnc2c(S(=O)(=O)N(Cc3cccc(F)c3)c3cc(F)cc(F)c3)cccn12. The van der Waals surface area contributed by atoms with E-state index in [-0.39, 0.29) is 22.8 Å². The van der Waals surface area contributed by atoms with Crippen LogP contribution in [-0.4, -0.2) is 23.0 Å². The van der Waals surface area contributed by atoms with E-state index < -0.39 is 27.5 Å². The summed E-state index contributed by atoms with van der Waals surface area (Å²) in [5, 5.41) is 7.80. The molecule has 0 N–H and O–H groups in total. The first kappa shape index (κ1) is 19.9. The average molecular weight is 432 g/mol. The Morgan fingerprint density at radius 2 is 1.67 bits per heavy atom. The molecule has 6 nitrogen and oxygen atoms in total. The molecule has 0 bridgehead atoms. The lowest BCUT2D eigenvalue weighted by atomic mass is 10.2. The van der Waals surface area contributed by atoms with Crippen molar-refractivity contribution in [1.29, 1.82) is 0 Å². The maximum Gasteiger partial charge on any atom is 0.268 e. The highest BCUT2D eigenvalue weighted by Crippen LogP contribution is 2.29. The van der Waals surface area contributed by atoms with Gasteiger partial charge in [0.2, 0.25) is 0 Å². The van der Waals surface area contributed by atoms with Crippen molar-refractivity contribution in [3.05, 3.63) is 89.6 Å². The Morgan fingerprint density at radius 3 is 2.37 bits per heavy atom. The summed E-state index contributed by atoms with van der Waals surface area (Å²) in [4.78, 5) is -0.202. The van der Waals surface area contributed by atoms with E-state index in [0.29, 0.717) is 17.5 Å². The van der Waals surface area contributed by atoms with Crippen LogP contribution < -0.4 is 4.31 Å². The normalized spacial score (nSPS) is 11.7. The molecule has 2 aromatic carbocycles. The van der Waals surface area contributed by atoms with Crippen LogP contribution in [0.5, 0.6) is 0 Å². The van der Waals surface area contributed by atoms with Crippen LogP contribution in [0.2, 0.25) is 0 Å². The summed E-state index contributed by atoms with van der Waals surface area (Å²) in [5.41, 5.74) is 0.124. The van der Waals surface area contributed by atoms with Crippen molar-refractivity contribution < 1.29 is 21.6 Å². The molecule has 4 rings (SSSR count). The molecule has 0 saturated heterocycles. The lowest BCUT2D eigenvalue weighted by molar-refractivity contribution is 0.579. The minimum atomic E-state index is -4.36. The molecule has 0 aliphatic rings. The van der Waals surface area contributed by atoms with Gasteiger partial charge >= 0.3 is 0 Å². The van der Waals surface area contributed by atoms with E-state index in [9.17, 15) is 21.6 Å². The summed E-state index contributed by atoms with van der Waals surface area (Å²) < 4.78 is 70.9. The first-order valence-corrected chi connectivity index (χ1v) is 10.2. The maximum absolute atomic E-state index is 13.9. The van der Waals surface area contributed by atoms with E-state index >= 15 is 0 Å². The number of sulfonamides is 1. The highest BCUT2D eigenvalue weighted by atomic mass is 32.2. The summed E-state index contributed by atoms with van der Waals surface area (Å²) in [7, 11) is -4.36. The van der Waals surface area contributed by atoms with Gasteiger partial charge in [-0.15, -0.1) is 10.2 Å². The topological polar surface area (TPSA) is 67.6 Å². The minimum Gasteiger partial charge on any atom is -0.286 e. The van der Waals surface area contributed by atoms with E-state index in [1.54, 1.807) is 13.1 Å². The lowest BCUT2D eigenvalue weighted by Gasteiger charge is -2.25. The summed E-state index contributed by atoms with van der Waals surface area (Å²) in [5.74, 6) is -1.98. The second-order valence-corrected chi connectivity index (χ2v) is 8.41. The first-order valence-electron chi connectivity index (χ1n) is 8.79. The van der Waals surface area contributed by atoms with Crippen molar-refractivity contribution in [3.8, 4) is 0 Å². The second kappa shape index (κ2) is 7.45. The number of hydrogen-bond acceptors (Lipinski definition) is 4. The molecule has 30 heavy (non-hydrogen) atoms. The molecule has 154 valence electrons. The molecule has 0 saturated carbocycles. The number of aryl methyl sites for hydroxylation is 1. The molecule has 0 radical (unpaired) electrons. The fourth-order valence-corrected chi connectivity index (χ4v) is 4.69. The highest BCUT2D eigenvalue weighted by Gasteiger charge is 2.29. The van der Waals surface area contributed by atoms with Crippen LogP contribution in [0.4, 0.5) is 18.9 Å². The predicted molar refractivity (Wildman–Crippen MR) is 104 cm³/mol. The van der Waals surface area contributed by atoms with E-state index in [0.717, 1.165) is 22.5 Å². The Balaban J connectivity index is 1.91. The predicted octanol–water partition coefficient (Wildman–Crippen LogP) is 3.85. The number of benzene rings is 2. The minimum absolute atomic E-state index is 0.0658. The Bertz CT molecular complexity index is 1340. The van der Waals surface area contributed by atoms with Gasteiger partial charge in [0.05, 0.1) is 12.2 Å². The Labute approximate surface area is 170 Å². The summed E-state index contributed by atoms with van der Waals surface area (Å²) in [6.45, 7) is 1.31. The molecular formula is C20H15F3N4O2S. The largest absolute Gasteiger partial charge is 0.286 e. The van der Waals surface area contributed by atoms with Crippen LogP contribution in [-0.2, 0) is 16.6 Å². The van der Waals surface area contributed by atoms with Gasteiger partial charge in [-0.25, -0.2) is 21.6 Å². The molecule has 0 spiro atoms. The number of anilines is 1. The molecule has 10 heteroatoms. The van der Waals surface area contributed by atoms with Gasteiger partial charge < -0.3 is 0 Å². The Morgan fingerprint density at radius 1 is 0.933 bits per heavy atom. The third kappa shape index (κ3) is 3.61. The molecule has 0 atom stereocenters. The summed E-state index contributed by atoms with van der Waals surface area (Å²) >= 11 is 0. The van der Waals surface area contributed by atoms with Crippen LogP contribution >= 0.6 is 0 Å². The van der Waals surface area contributed by atoms with Crippen LogP contribution in [0.15, 0.2) is 65.7 Å². The zero-order valence-electron chi connectivity index (χ0n) is 15.6. The van der Waals surface area contributed by atoms with Crippen molar-refractivity contribution >= 4 is 21.4 Å². The van der Waals surface area contributed by atoms with Gasteiger partial charge in [0.25, 0.3) is 10.0 Å². The molecule has 2 heterocycles. The Hall–Kier alpha value is -3.40. The molecule has 2 aromatic heterocycles. The molecule has 0 aliphatic carbocycles. The number of halogens is 3. The number of rotatable bonds is 5. The Kier molecular flexibility index (Phi) is 4.94. The maximum atomic E-state index is 13.9. The number of fused-ring (bicyclic) bond motifs is 1. The van der Waals surface area contributed by atoms with E-state index in [4.69, 9.17) is 0 Å². The van der Waals surface area contributed by atoms with Crippen LogP contribution in [0.3, 0.4) is 0 Å². The zero-order valence-corrected chi connectivity index (χ0v) is 16.4. The van der Waals surface area contributed by atoms with Crippen LogP contribution in [0, 0.1) is 24.4 Å². The van der Waals surface area contributed by atoms with Crippen molar-refractivity contribution in [3.63, 3.8) is 0 Å². The zero-order chi connectivity index (χ0) is 21.5. The number of aromatic nitrogens is 3. The smallest absolute Gasteiger partial charge is 0.268 e. The molecular weight excluding hydrogens is 417 g/mol. The molecule has 0 unspecified atom stereocenters. The van der Waals surface area contributed by atoms with Gasteiger partial charge in [-0.3, -0.25) is 8.71 Å². The molecule has 4 aromatic rings. The van der Waals surface area contributed by atoms with Crippen molar-refractivity contribution in [2.45, 2.75) is 18.4 Å². The van der Waals surface area contributed by atoms with Gasteiger partial charge in [0, 0.05) is 12.3 Å². The lowest BCUT2D eigenvalue weighted by Crippen LogP contribution is -2.31. The first-order chi connectivity index (χ1) is 14.3.